The van der Waals surface area contributed by atoms with Crippen LogP contribution in [-0.2, 0) is 4.79 Å². The minimum atomic E-state index is -2.23. The van der Waals surface area contributed by atoms with Crippen LogP contribution in [0.3, 0.4) is 0 Å². The Labute approximate surface area is 111 Å². The van der Waals surface area contributed by atoms with Crippen LogP contribution in [0.15, 0.2) is 12.1 Å². The van der Waals surface area contributed by atoms with Crippen LogP contribution < -0.4 is 10.6 Å². The average Bonchev–Trinajstić information content (AvgIpc) is 2.33. The van der Waals surface area contributed by atoms with Crippen LogP contribution in [0.25, 0.3) is 0 Å². The third-order valence-corrected chi connectivity index (χ3v) is 2.30. The van der Waals surface area contributed by atoms with Crippen LogP contribution >= 0.6 is 0 Å². The molecule has 2 amide bonds. The maximum atomic E-state index is 13.2. The van der Waals surface area contributed by atoms with Gasteiger partial charge < -0.3 is 20.8 Å². The molecular formula is C11H11F3N2O4. The second kappa shape index (κ2) is 5.78. The first-order valence-electron chi connectivity index (χ1n) is 5.28. The number of hydrogen-bond acceptors (Lipinski definition) is 3. The molecule has 0 fully saturated rings. The lowest BCUT2D eigenvalue weighted by atomic mass is 10.1. The van der Waals surface area contributed by atoms with Gasteiger partial charge in [-0.1, -0.05) is 0 Å². The first-order chi connectivity index (χ1) is 9.13. The molecule has 1 atom stereocenters. The van der Waals surface area contributed by atoms with Gasteiger partial charge in [0, 0.05) is 12.1 Å². The van der Waals surface area contributed by atoms with E-state index in [1.807, 2.05) is 5.32 Å². The molecule has 6 nitrogen and oxygen atoms in total. The molecule has 0 bridgehead atoms. The zero-order valence-corrected chi connectivity index (χ0v) is 10.2. The third kappa shape index (κ3) is 3.85. The molecule has 1 aromatic rings. The van der Waals surface area contributed by atoms with Gasteiger partial charge in [-0.3, -0.25) is 0 Å². The van der Waals surface area contributed by atoms with Gasteiger partial charge in [-0.25, -0.2) is 22.8 Å². The zero-order chi connectivity index (χ0) is 15.5. The first kappa shape index (κ1) is 15.8. The largest absolute Gasteiger partial charge is 0.479 e. The lowest BCUT2D eigenvalue weighted by Gasteiger charge is -2.18. The zero-order valence-electron chi connectivity index (χ0n) is 10.2. The number of benzene rings is 1. The summed E-state index contributed by atoms with van der Waals surface area (Å²) in [5.74, 6) is -5.64. The molecule has 0 aliphatic heterocycles. The molecule has 1 rings (SSSR count). The summed E-state index contributed by atoms with van der Waals surface area (Å²) in [6.07, 6.45) is 0. The number of carboxylic acids is 1. The van der Waals surface area contributed by atoms with Crippen molar-refractivity contribution in [3.63, 3.8) is 0 Å². The van der Waals surface area contributed by atoms with E-state index in [-0.39, 0.29) is 0 Å². The normalized spacial score (nSPS) is 13.4. The van der Waals surface area contributed by atoms with Crippen molar-refractivity contribution in [1.82, 2.24) is 5.32 Å². The summed E-state index contributed by atoms with van der Waals surface area (Å²) in [7, 11) is 0. The number of aliphatic hydroxyl groups is 1. The molecule has 20 heavy (non-hydrogen) atoms. The third-order valence-electron chi connectivity index (χ3n) is 2.30. The second-order valence-electron chi connectivity index (χ2n) is 4.14. The quantitative estimate of drug-likeness (QED) is 0.624. The Morgan fingerprint density at radius 1 is 1.30 bits per heavy atom. The van der Waals surface area contributed by atoms with Crippen LogP contribution in [0.4, 0.5) is 23.7 Å². The van der Waals surface area contributed by atoms with Crippen LogP contribution in [0.1, 0.15) is 6.92 Å². The molecule has 0 aliphatic rings. The number of rotatable bonds is 4. The first-order valence-corrected chi connectivity index (χ1v) is 5.28. The van der Waals surface area contributed by atoms with Crippen molar-refractivity contribution in [2.24, 2.45) is 0 Å². The SMILES string of the molecule is CC(O)(CNC(=O)Nc1cc(F)cc(F)c1F)C(=O)O. The van der Waals surface area contributed by atoms with E-state index in [0.717, 1.165) is 6.92 Å². The van der Waals surface area contributed by atoms with E-state index in [2.05, 4.69) is 0 Å². The molecule has 1 aromatic carbocycles. The molecule has 110 valence electrons. The number of carboxylic acid groups (broad SMARTS) is 1. The highest BCUT2D eigenvalue weighted by Crippen LogP contribution is 2.18. The summed E-state index contributed by atoms with van der Waals surface area (Å²) in [6.45, 7) is 0.242. The molecule has 0 heterocycles. The number of halogens is 3. The Balaban J connectivity index is 2.71. The summed E-state index contributed by atoms with van der Waals surface area (Å²) in [5, 5.41) is 21.6. The maximum Gasteiger partial charge on any atom is 0.337 e. The van der Waals surface area contributed by atoms with Gasteiger partial charge in [-0.2, -0.15) is 0 Å². The highest BCUT2D eigenvalue weighted by atomic mass is 19.2. The van der Waals surface area contributed by atoms with Crippen molar-refractivity contribution < 1.29 is 33.0 Å². The molecule has 0 radical (unpaired) electrons. The summed E-state index contributed by atoms with van der Waals surface area (Å²) in [6, 6.07) is -0.281. The molecule has 0 spiro atoms. The number of hydrogen-bond donors (Lipinski definition) is 4. The number of amides is 2. The standard InChI is InChI=1S/C11H11F3N2O4/c1-11(20,9(17)18)4-15-10(19)16-7-3-5(12)2-6(13)8(7)14/h2-3,20H,4H2,1H3,(H,17,18)(H2,15,16,19). The number of carbonyl (C=O) groups is 2. The van der Waals surface area contributed by atoms with Crippen molar-refractivity contribution in [1.29, 1.82) is 0 Å². The molecule has 0 saturated heterocycles. The van der Waals surface area contributed by atoms with Crippen LogP contribution in [0, 0.1) is 17.5 Å². The maximum absolute atomic E-state index is 13.2. The summed E-state index contributed by atoms with van der Waals surface area (Å²) < 4.78 is 38.9. The van der Waals surface area contributed by atoms with E-state index >= 15 is 0 Å². The van der Waals surface area contributed by atoms with Crippen molar-refractivity contribution in [2.75, 3.05) is 11.9 Å². The predicted molar refractivity (Wildman–Crippen MR) is 61.6 cm³/mol. The fraction of sp³-hybridized carbons (Fsp3) is 0.273. The smallest absolute Gasteiger partial charge is 0.337 e. The minimum Gasteiger partial charge on any atom is -0.479 e. The molecule has 9 heteroatoms. The fourth-order valence-electron chi connectivity index (χ4n) is 1.14. The molecule has 0 saturated carbocycles. The Bertz CT molecular complexity index is 549. The Morgan fingerprint density at radius 3 is 2.45 bits per heavy atom. The Kier molecular flexibility index (Phi) is 4.56. The molecule has 4 N–H and O–H groups in total. The molecular weight excluding hydrogens is 281 g/mol. The summed E-state index contributed by atoms with van der Waals surface area (Å²) in [4.78, 5) is 21.9. The predicted octanol–water partition coefficient (Wildman–Crippen LogP) is 1.06. The van der Waals surface area contributed by atoms with E-state index in [9.17, 15) is 27.9 Å². The highest BCUT2D eigenvalue weighted by molar-refractivity contribution is 5.90. The van der Waals surface area contributed by atoms with Crippen molar-refractivity contribution >= 4 is 17.7 Å². The second-order valence-corrected chi connectivity index (χ2v) is 4.14. The number of aliphatic carboxylic acids is 1. The minimum absolute atomic E-state index is 0.299. The van der Waals surface area contributed by atoms with Gasteiger partial charge in [-0.05, 0) is 6.92 Å². The Hall–Kier alpha value is -2.29. The monoisotopic (exact) mass is 292 g/mol. The number of anilines is 1. The number of nitrogens with one attached hydrogen (secondary N) is 2. The van der Waals surface area contributed by atoms with Gasteiger partial charge in [-0.15, -0.1) is 0 Å². The Morgan fingerprint density at radius 2 is 1.90 bits per heavy atom. The van der Waals surface area contributed by atoms with Gasteiger partial charge in [0.25, 0.3) is 0 Å². The van der Waals surface area contributed by atoms with Crippen LogP contribution in [0.5, 0.6) is 0 Å². The van der Waals surface area contributed by atoms with Gasteiger partial charge in [0.05, 0.1) is 12.2 Å². The van der Waals surface area contributed by atoms with Crippen molar-refractivity contribution in [2.45, 2.75) is 12.5 Å². The molecule has 0 aliphatic carbocycles. The van der Waals surface area contributed by atoms with Crippen LogP contribution in [0.2, 0.25) is 0 Å². The van der Waals surface area contributed by atoms with E-state index in [4.69, 9.17) is 5.11 Å². The summed E-state index contributed by atoms with van der Waals surface area (Å²) in [5.41, 5.74) is -2.99. The van der Waals surface area contributed by atoms with Gasteiger partial charge >= 0.3 is 12.0 Å². The molecule has 1 unspecified atom stereocenters. The topological polar surface area (TPSA) is 98.7 Å². The van der Waals surface area contributed by atoms with Crippen molar-refractivity contribution in [3.8, 4) is 0 Å². The van der Waals surface area contributed by atoms with Crippen LogP contribution in [-0.4, -0.2) is 34.4 Å². The van der Waals surface area contributed by atoms with E-state index in [1.165, 1.54) is 0 Å². The van der Waals surface area contributed by atoms with Gasteiger partial charge in [0.1, 0.15) is 5.82 Å². The fourth-order valence-corrected chi connectivity index (χ4v) is 1.14. The molecule has 0 aromatic heterocycles. The van der Waals surface area contributed by atoms with E-state index < -0.39 is 47.3 Å². The summed E-state index contributed by atoms with van der Waals surface area (Å²) >= 11 is 0. The van der Waals surface area contributed by atoms with E-state index in [0.29, 0.717) is 12.1 Å². The highest BCUT2D eigenvalue weighted by Gasteiger charge is 2.30. The lowest BCUT2D eigenvalue weighted by molar-refractivity contribution is -0.155. The van der Waals surface area contributed by atoms with Crippen molar-refractivity contribution in [3.05, 3.63) is 29.6 Å². The van der Waals surface area contributed by atoms with Gasteiger partial charge in [0.15, 0.2) is 17.2 Å². The number of urea groups is 1. The average molecular weight is 292 g/mol. The number of carbonyl (C=O) groups excluding carboxylic acids is 1. The van der Waals surface area contributed by atoms with E-state index in [1.54, 1.807) is 5.32 Å². The lowest BCUT2D eigenvalue weighted by Crippen LogP contribution is -2.47. The van der Waals surface area contributed by atoms with Gasteiger partial charge in [0.2, 0.25) is 0 Å².